The molecule has 2 aromatic rings. The molecule has 4 heteroatoms. The van der Waals surface area contributed by atoms with Crippen molar-refractivity contribution in [3.8, 4) is 0 Å². The van der Waals surface area contributed by atoms with Gasteiger partial charge in [0, 0.05) is 34.0 Å². The first kappa shape index (κ1) is 15.4. The number of carbonyl (C=O) groups is 1. The molecule has 0 radical (unpaired) electrons. The molecule has 0 unspecified atom stereocenters. The molecule has 1 aliphatic heterocycles. The van der Waals surface area contributed by atoms with Gasteiger partial charge in [-0.2, -0.15) is 0 Å². The second-order valence-corrected chi connectivity index (χ2v) is 7.67. The van der Waals surface area contributed by atoms with Crippen molar-refractivity contribution in [2.45, 2.75) is 13.8 Å². The van der Waals surface area contributed by atoms with Crippen LogP contribution in [0.5, 0.6) is 0 Å². The fraction of sp³-hybridized carbons (Fsp3) is 0.278. The predicted octanol–water partition coefficient (Wildman–Crippen LogP) is 4.41. The number of aryl methyl sites for hydroxylation is 2. The minimum Gasteiger partial charge on any atom is -0.298 e. The molecule has 2 nitrogen and oxygen atoms in total. The maximum atomic E-state index is 12.8. The Labute approximate surface area is 139 Å². The van der Waals surface area contributed by atoms with E-state index in [9.17, 15) is 4.79 Å². The molecule has 0 bridgehead atoms. The third kappa shape index (κ3) is 3.14. The molecule has 3 rings (SSSR count). The topological polar surface area (TPSA) is 20.3 Å². The number of likely N-dealkylation sites (tertiary alicyclic amines) is 1. The molecule has 0 N–H and O–H groups in total. The van der Waals surface area contributed by atoms with Crippen molar-refractivity contribution >= 4 is 40.6 Å². The summed E-state index contributed by atoms with van der Waals surface area (Å²) in [5.74, 6) is 0.193. The van der Waals surface area contributed by atoms with E-state index in [-0.39, 0.29) is 5.78 Å². The van der Waals surface area contributed by atoms with Crippen LogP contribution in [0, 0.1) is 13.8 Å². The smallest absolute Gasteiger partial charge is 0.187 e. The number of rotatable bonds is 2. The van der Waals surface area contributed by atoms with Crippen molar-refractivity contribution in [1.29, 1.82) is 0 Å². The molecule has 2 aromatic heterocycles. The number of Topliss-reactive ketones (excluding diaryl/α,β-unsaturated/α-hetero) is 1. The number of likely N-dealkylation sites (N-methyl/N-ethyl adjacent to an activating group) is 1. The van der Waals surface area contributed by atoms with Gasteiger partial charge in [0.1, 0.15) is 0 Å². The maximum Gasteiger partial charge on any atom is 0.187 e. The molecule has 0 atom stereocenters. The zero-order chi connectivity index (χ0) is 15.7. The van der Waals surface area contributed by atoms with E-state index < -0.39 is 0 Å². The Morgan fingerprint density at radius 1 is 0.955 bits per heavy atom. The van der Waals surface area contributed by atoms with Crippen molar-refractivity contribution < 1.29 is 4.79 Å². The summed E-state index contributed by atoms with van der Waals surface area (Å²) in [6.07, 6.45) is 4.13. The highest BCUT2D eigenvalue weighted by Crippen LogP contribution is 2.26. The van der Waals surface area contributed by atoms with Gasteiger partial charge >= 0.3 is 0 Å². The normalized spacial score (nSPS) is 20.2. The van der Waals surface area contributed by atoms with Crippen LogP contribution in [-0.4, -0.2) is 30.8 Å². The molecular weight excluding hydrogens is 310 g/mol. The first-order chi connectivity index (χ1) is 10.5. The lowest BCUT2D eigenvalue weighted by Crippen LogP contribution is -2.34. The Bertz CT molecular complexity index is 701. The summed E-state index contributed by atoms with van der Waals surface area (Å²) in [4.78, 5) is 17.4. The number of carbonyl (C=O) groups excluding carboxylic acids is 1. The van der Waals surface area contributed by atoms with Crippen LogP contribution in [0.4, 0.5) is 0 Å². The monoisotopic (exact) mass is 329 g/mol. The van der Waals surface area contributed by atoms with Crippen LogP contribution >= 0.6 is 22.7 Å². The predicted molar refractivity (Wildman–Crippen MR) is 96.6 cm³/mol. The minimum absolute atomic E-state index is 0.193. The van der Waals surface area contributed by atoms with Gasteiger partial charge in [0.05, 0.1) is 0 Å². The Kier molecular flexibility index (Phi) is 4.43. The molecule has 0 amide bonds. The number of hydrogen-bond donors (Lipinski definition) is 0. The van der Waals surface area contributed by atoms with E-state index in [0.29, 0.717) is 0 Å². The van der Waals surface area contributed by atoms with Gasteiger partial charge in [-0.05, 0) is 67.1 Å². The molecule has 1 fully saturated rings. The van der Waals surface area contributed by atoms with Crippen LogP contribution in [0.25, 0.3) is 12.2 Å². The summed E-state index contributed by atoms with van der Waals surface area (Å²) in [5, 5.41) is 4.15. The van der Waals surface area contributed by atoms with Gasteiger partial charge in [-0.1, -0.05) is 0 Å². The van der Waals surface area contributed by atoms with E-state index in [2.05, 4.69) is 60.8 Å². The summed E-state index contributed by atoms with van der Waals surface area (Å²) in [6.45, 7) is 5.62. The molecular formula is C18H19NOS2. The lowest BCUT2D eigenvalue weighted by molar-refractivity contribution is -0.113. The summed E-state index contributed by atoms with van der Waals surface area (Å²) in [7, 11) is 2.07. The largest absolute Gasteiger partial charge is 0.298 e. The van der Waals surface area contributed by atoms with E-state index in [0.717, 1.165) is 24.2 Å². The van der Waals surface area contributed by atoms with Crippen LogP contribution in [0.2, 0.25) is 0 Å². The number of hydrogen-bond acceptors (Lipinski definition) is 4. The van der Waals surface area contributed by atoms with Crippen LogP contribution in [0.15, 0.2) is 34.0 Å². The van der Waals surface area contributed by atoms with Crippen LogP contribution in [-0.2, 0) is 4.79 Å². The Morgan fingerprint density at radius 2 is 1.41 bits per heavy atom. The summed E-state index contributed by atoms with van der Waals surface area (Å²) < 4.78 is 0. The first-order valence-electron chi connectivity index (χ1n) is 7.27. The van der Waals surface area contributed by atoms with Gasteiger partial charge in [0.25, 0.3) is 0 Å². The second-order valence-electron chi connectivity index (χ2n) is 5.78. The van der Waals surface area contributed by atoms with Crippen molar-refractivity contribution in [1.82, 2.24) is 4.90 Å². The van der Waals surface area contributed by atoms with Crippen LogP contribution in [0.1, 0.15) is 20.9 Å². The molecule has 114 valence electrons. The number of ketones is 1. The summed E-state index contributed by atoms with van der Waals surface area (Å²) in [5.41, 5.74) is 4.25. The van der Waals surface area contributed by atoms with Crippen molar-refractivity contribution in [2.24, 2.45) is 0 Å². The fourth-order valence-electron chi connectivity index (χ4n) is 2.59. The Morgan fingerprint density at radius 3 is 1.77 bits per heavy atom. The molecule has 0 spiro atoms. The quantitative estimate of drug-likeness (QED) is 0.761. The Hall–Kier alpha value is -1.49. The highest BCUT2D eigenvalue weighted by molar-refractivity contribution is 7.11. The van der Waals surface area contributed by atoms with Gasteiger partial charge in [-0.25, -0.2) is 0 Å². The number of piperidine rings is 1. The highest BCUT2D eigenvalue weighted by atomic mass is 32.1. The average Bonchev–Trinajstić information content (AvgIpc) is 3.05. The fourth-order valence-corrected chi connectivity index (χ4v) is 4.36. The van der Waals surface area contributed by atoms with Crippen LogP contribution in [0.3, 0.4) is 0 Å². The summed E-state index contributed by atoms with van der Waals surface area (Å²) in [6, 6.07) is 4.19. The van der Waals surface area contributed by atoms with E-state index in [1.807, 2.05) is 0 Å². The lowest BCUT2D eigenvalue weighted by Gasteiger charge is -2.26. The van der Waals surface area contributed by atoms with Crippen molar-refractivity contribution in [2.75, 3.05) is 20.1 Å². The van der Waals surface area contributed by atoms with E-state index >= 15 is 0 Å². The molecule has 0 aromatic carbocycles. The van der Waals surface area contributed by atoms with Gasteiger partial charge in [0.15, 0.2) is 5.78 Å². The molecule has 3 heterocycles. The van der Waals surface area contributed by atoms with Gasteiger partial charge in [-0.3, -0.25) is 9.69 Å². The standard InChI is InChI=1S/C18H19NOS2/c1-12-4-6-21-16(12)8-14-10-19(3)11-15(18(14)20)9-17-13(2)5-7-22-17/h4-9H,10-11H2,1-3H3/b14-8+,15-9+. The SMILES string of the molecule is Cc1ccsc1/C=C1\CN(C)C/C(=C\c2sccc2C)C1=O. The van der Waals surface area contributed by atoms with Crippen molar-refractivity contribution in [3.63, 3.8) is 0 Å². The van der Waals surface area contributed by atoms with Crippen molar-refractivity contribution in [3.05, 3.63) is 54.9 Å². The third-order valence-corrected chi connectivity index (χ3v) is 5.81. The van der Waals surface area contributed by atoms with E-state index in [1.165, 1.54) is 20.9 Å². The van der Waals surface area contributed by atoms with E-state index in [4.69, 9.17) is 0 Å². The van der Waals surface area contributed by atoms with Gasteiger partial charge in [0.2, 0.25) is 0 Å². The third-order valence-electron chi connectivity index (χ3n) is 3.88. The zero-order valence-corrected chi connectivity index (χ0v) is 14.7. The summed E-state index contributed by atoms with van der Waals surface area (Å²) >= 11 is 3.38. The molecule has 1 aliphatic rings. The highest BCUT2D eigenvalue weighted by Gasteiger charge is 2.24. The first-order valence-corrected chi connectivity index (χ1v) is 9.03. The van der Waals surface area contributed by atoms with Gasteiger partial charge < -0.3 is 0 Å². The number of thiophene rings is 2. The molecule has 0 aliphatic carbocycles. The van der Waals surface area contributed by atoms with Gasteiger partial charge in [-0.15, -0.1) is 22.7 Å². The Balaban J connectivity index is 1.96. The van der Waals surface area contributed by atoms with E-state index in [1.54, 1.807) is 22.7 Å². The maximum absolute atomic E-state index is 12.8. The minimum atomic E-state index is 0.193. The lowest BCUT2D eigenvalue weighted by atomic mass is 9.96. The van der Waals surface area contributed by atoms with Crippen LogP contribution < -0.4 is 0 Å². The second kappa shape index (κ2) is 6.32. The number of nitrogens with zero attached hydrogens (tertiary/aromatic N) is 1. The molecule has 1 saturated heterocycles. The zero-order valence-electron chi connectivity index (χ0n) is 13.1. The molecule has 22 heavy (non-hydrogen) atoms. The average molecular weight is 329 g/mol. The molecule has 0 saturated carbocycles.